The second-order valence-corrected chi connectivity index (χ2v) is 13.2. The predicted molar refractivity (Wildman–Crippen MR) is 145 cm³/mol. The highest BCUT2D eigenvalue weighted by atomic mass is 31.2. The van der Waals surface area contributed by atoms with Crippen LogP contribution in [0.4, 0.5) is 16.2 Å². The first-order valence-electron chi connectivity index (χ1n) is 13.0. The summed E-state index contributed by atoms with van der Waals surface area (Å²) in [6.07, 6.45) is -7.84. The van der Waals surface area contributed by atoms with Crippen LogP contribution in [0.5, 0.6) is 0 Å². The molecule has 0 aromatic carbocycles. The first-order valence-corrected chi connectivity index (χ1v) is 16.2. The molecule has 4 aromatic heterocycles. The van der Waals surface area contributed by atoms with Gasteiger partial charge in [0.05, 0.1) is 25.9 Å². The second-order valence-electron chi connectivity index (χ2n) is 10.2. The number of imidazole rings is 2. The van der Waals surface area contributed by atoms with Gasteiger partial charge in [0.1, 0.15) is 42.4 Å². The van der Waals surface area contributed by atoms with Crippen LogP contribution in [0.2, 0.25) is 0 Å². The van der Waals surface area contributed by atoms with E-state index in [1.54, 1.807) is 0 Å². The third-order valence-corrected chi connectivity index (χ3v) is 9.46. The number of alkyl halides is 1. The monoisotopic (exact) mass is 658 g/mol. The number of nitrogens with one attached hydrogen (secondary N) is 1. The molecule has 236 valence electrons. The van der Waals surface area contributed by atoms with Gasteiger partial charge < -0.3 is 35.1 Å². The van der Waals surface area contributed by atoms with Crippen molar-refractivity contribution >= 4 is 49.9 Å². The molecule has 0 radical (unpaired) electrons. The number of nitrogens with two attached hydrogens (primary N) is 2. The molecule has 2 unspecified atom stereocenters. The van der Waals surface area contributed by atoms with Crippen LogP contribution in [0.15, 0.2) is 23.8 Å². The Labute approximate surface area is 245 Å². The summed E-state index contributed by atoms with van der Waals surface area (Å²) < 4.78 is 79.0. The molecular weight excluding hydrogens is 633 g/mol. The van der Waals surface area contributed by atoms with Crippen LogP contribution >= 0.6 is 15.9 Å². The summed E-state index contributed by atoms with van der Waals surface area (Å²) in [5.41, 5.74) is 11.2. The van der Waals surface area contributed by atoms with E-state index in [2.05, 4.69) is 29.9 Å². The van der Waals surface area contributed by atoms with E-state index in [0.717, 1.165) is 6.66 Å². The average Bonchev–Trinajstić information content (AvgIpc) is 3.72. The zero-order valence-corrected chi connectivity index (χ0v) is 24.4. The average molecular weight is 658 g/mol. The molecule has 3 aliphatic heterocycles. The molecule has 0 amide bonds. The van der Waals surface area contributed by atoms with Crippen molar-refractivity contribution in [1.82, 2.24) is 39.0 Å². The number of ether oxygens (including phenoxy) is 2. The number of fused-ring (bicyclic) bond motifs is 5. The Bertz CT molecular complexity index is 1870. The van der Waals surface area contributed by atoms with Crippen molar-refractivity contribution in [3.05, 3.63) is 29.3 Å². The minimum atomic E-state index is -4.07. The number of rotatable bonds is 2. The maximum Gasteiger partial charge on any atom is 0.328 e. The molecule has 4 aromatic rings. The lowest BCUT2D eigenvalue weighted by Crippen LogP contribution is -2.35. The van der Waals surface area contributed by atoms with E-state index in [-0.39, 0.29) is 34.1 Å². The van der Waals surface area contributed by atoms with Crippen LogP contribution in [-0.2, 0) is 36.7 Å². The minimum absolute atomic E-state index is 0.00824. The van der Waals surface area contributed by atoms with E-state index in [9.17, 15) is 19.0 Å². The maximum absolute atomic E-state index is 16.0. The first-order chi connectivity index (χ1) is 21.0. The van der Waals surface area contributed by atoms with Crippen molar-refractivity contribution in [2.75, 3.05) is 31.3 Å². The molecule has 6 N–H and O–H groups in total. The van der Waals surface area contributed by atoms with E-state index >= 15 is 4.39 Å². The van der Waals surface area contributed by atoms with Gasteiger partial charge in [-0.2, -0.15) is 4.98 Å². The lowest BCUT2D eigenvalue weighted by atomic mass is 10.1. The minimum Gasteiger partial charge on any atom is -0.387 e. The van der Waals surface area contributed by atoms with Crippen LogP contribution in [-0.4, -0.2) is 101 Å². The fourth-order valence-corrected chi connectivity index (χ4v) is 7.35. The highest BCUT2D eigenvalue weighted by Gasteiger charge is 2.52. The summed E-state index contributed by atoms with van der Waals surface area (Å²) in [4.78, 5) is 34.8. The van der Waals surface area contributed by atoms with Crippen LogP contribution in [0, 0.1) is 0 Å². The Hall–Kier alpha value is -3.39. The van der Waals surface area contributed by atoms with Gasteiger partial charge in [0.15, 0.2) is 41.3 Å². The number of aliphatic hydroxyl groups excluding tert-OH is 1. The highest BCUT2D eigenvalue weighted by molar-refractivity contribution is 7.53. The Morgan fingerprint density at radius 1 is 1.05 bits per heavy atom. The topological polar surface area (TPSA) is 269 Å². The normalized spacial score (nSPS) is 36.6. The molecule has 2 bridgehead atoms. The summed E-state index contributed by atoms with van der Waals surface area (Å²) in [7, 11) is -7.51. The third-order valence-electron chi connectivity index (χ3n) is 7.35. The molecule has 10 atom stereocenters. The van der Waals surface area contributed by atoms with Crippen LogP contribution in [0.3, 0.4) is 0 Å². The number of anilines is 2. The van der Waals surface area contributed by atoms with E-state index < -0.39 is 83.8 Å². The van der Waals surface area contributed by atoms with E-state index in [4.69, 9.17) is 39.0 Å². The molecular formula is C21H25FN10O10P2. The van der Waals surface area contributed by atoms with E-state index in [1.807, 2.05) is 0 Å². The molecule has 0 saturated carbocycles. The fourth-order valence-electron chi connectivity index (χ4n) is 5.33. The number of halogens is 1. The fraction of sp³-hybridized carbons (Fsp3) is 0.524. The molecule has 3 saturated heterocycles. The summed E-state index contributed by atoms with van der Waals surface area (Å²) in [5, 5.41) is 11.1. The van der Waals surface area contributed by atoms with Gasteiger partial charge in [-0.05, 0) is 0 Å². The van der Waals surface area contributed by atoms with Gasteiger partial charge in [-0.15, -0.1) is 0 Å². The Morgan fingerprint density at radius 2 is 1.77 bits per heavy atom. The summed E-state index contributed by atoms with van der Waals surface area (Å²) in [6, 6.07) is 0. The smallest absolute Gasteiger partial charge is 0.328 e. The quantitative estimate of drug-likeness (QED) is 0.200. The van der Waals surface area contributed by atoms with E-state index in [1.165, 1.54) is 28.1 Å². The Morgan fingerprint density at radius 3 is 2.57 bits per heavy atom. The predicted octanol–water partition coefficient (Wildman–Crippen LogP) is -0.352. The summed E-state index contributed by atoms with van der Waals surface area (Å²) >= 11 is 0. The van der Waals surface area contributed by atoms with Gasteiger partial charge in [0.2, 0.25) is 5.95 Å². The number of aromatic nitrogens is 8. The number of aliphatic hydroxyl groups is 1. The number of hydrogen-bond acceptors (Lipinski definition) is 17. The van der Waals surface area contributed by atoms with Crippen molar-refractivity contribution < 1.29 is 46.2 Å². The lowest BCUT2D eigenvalue weighted by Gasteiger charge is -2.25. The molecule has 0 aliphatic carbocycles. The molecule has 23 heteroatoms. The van der Waals surface area contributed by atoms with Crippen molar-refractivity contribution in [1.29, 1.82) is 0 Å². The molecule has 44 heavy (non-hydrogen) atoms. The number of aromatic amines is 1. The van der Waals surface area contributed by atoms with Crippen molar-refractivity contribution in [2.45, 2.75) is 49.1 Å². The molecule has 3 aliphatic rings. The third kappa shape index (κ3) is 4.99. The van der Waals surface area contributed by atoms with Crippen molar-refractivity contribution in [3.8, 4) is 0 Å². The zero-order valence-electron chi connectivity index (χ0n) is 22.5. The van der Waals surface area contributed by atoms with Gasteiger partial charge in [-0.25, -0.2) is 24.3 Å². The van der Waals surface area contributed by atoms with Gasteiger partial charge in [0, 0.05) is 6.66 Å². The van der Waals surface area contributed by atoms with Crippen molar-refractivity contribution in [3.63, 3.8) is 0 Å². The molecule has 0 spiro atoms. The SMILES string of the molecule is CP1(=O)OC[C@H]2O[C@@H](n3cnc4c(=O)[nH]c(N)nc43)[C@H](O[PH](=O)OC[C@H]3O[C@@H](n4cnc5c(N)ncnc54)[C@H](F)[C@@H]3O1)[C@@H]2O. The largest absolute Gasteiger partial charge is 0.387 e. The van der Waals surface area contributed by atoms with Gasteiger partial charge in [-0.1, -0.05) is 0 Å². The van der Waals surface area contributed by atoms with Gasteiger partial charge in [0.25, 0.3) is 5.56 Å². The van der Waals surface area contributed by atoms with Crippen LogP contribution < -0.4 is 17.0 Å². The molecule has 7 heterocycles. The summed E-state index contributed by atoms with van der Waals surface area (Å²) in [5.74, 6) is -0.142. The van der Waals surface area contributed by atoms with Crippen LogP contribution in [0.1, 0.15) is 12.5 Å². The number of nitrogen functional groups attached to an aromatic ring is 2. The van der Waals surface area contributed by atoms with Crippen molar-refractivity contribution in [2.24, 2.45) is 0 Å². The summed E-state index contributed by atoms with van der Waals surface area (Å²) in [6.45, 7) is 0.0579. The van der Waals surface area contributed by atoms with E-state index in [0.29, 0.717) is 0 Å². The first kappa shape index (κ1) is 29.3. The van der Waals surface area contributed by atoms with Gasteiger partial charge in [-0.3, -0.25) is 37.1 Å². The van der Waals surface area contributed by atoms with Gasteiger partial charge >= 0.3 is 15.9 Å². The van der Waals surface area contributed by atoms with Crippen LogP contribution in [0.25, 0.3) is 22.3 Å². The lowest BCUT2D eigenvalue weighted by molar-refractivity contribution is -0.0571. The Kier molecular flexibility index (Phi) is 7.26. The Balaban J connectivity index is 1.18. The highest BCUT2D eigenvalue weighted by Crippen LogP contribution is 2.51. The number of H-pyrrole nitrogens is 1. The zero-order chi connectivity index (χ0) is 30.9. The molecule has 3 fully saturated rings. The standard InChI is InChI=1S/C21H25FN10O10P2/c1-44(36)38-3-7-12(33)14(20(39-7)32-6-28-11-17(32)29-21(24)30-18(11)34)41-43(35)37-2-8-13(42-44)9(22)19(40-8)31-5-27-10-15(23)25-4-26-16(10)31/h4-9,12-14,19-20,33,43H,2-3H2,1H3,(H2,23,25,26)(H3,24,29,30,34)/t7-,8-,9-,12-,13-,14-,19-,20-,44?/m1/s1. The second kappa shape index (κ2) is 10.9. The maximum atomic E-state index is 16.0. The molecule has 20 nitrogen and oxygen atoms in total. The molecule has 7 rings (SSSR count). The number of nitrogens with zero attached hydrogens (tertiary/aromatic N) is 7. The number of hydrogen-bond donors (Lipinski definition) is 4.